The number of benzene rings is 2. The summed E-state index contributed by atoms with van der Waals surface area (Å²) in [4.78, 5) is 62.6. The molecule has 5 atom stereocenters. The molecule has 0 unspecified atom stereocenters. The van der Waals surface area contributed by atoms with Crippen molar-refractivity contribution < 1.29 is 50.6 Å². The van der Waals surface area contributed by atoms with Crippen LogP contribution in [0.1, 0.15) is 78.6 Å². The highest BCUT2D eigenvalue weighted by molar-refractivity contribution is 7.91. The first-order valence-corrected chi connectivity index (χ1v) is 22.3. The number of hydrogen-bond acceptors (Lipinski definition) is 11. The van der Waals surface area contributed by atoms with Crippen molar-refractivity contribution in [1.82, 2.24) is 25.2 Å². The minimum Gasteiger partial charge on any atom is -0.497 e. The van der Waals surface area contributed by atoms with Crippen molar-refractivity contribution in [2.24, 2.45) is 5.92 Å². The fourth-order valence-corrected chi connectivity index (χ4v) is 9.51. The lowest BCUT2D eigenvalue weighted by atomic mass is 10.0. The fraction of sp³-hybridized carbons (Fsp3) is 0.477. The maximum Gasteiger partial charge on any atom is 0.408 e. The summed E-state index contributed by atoms with van der Waals surface area (Å²) in [5.74, 6) is -2.13. The second-order valence-electron chi connectivity index (χ2n) is 17.3. The molecule has 17 heteroatoms. The molecule has 15 nitrogen and oxygen atoms in total. The molecule has 8 rings (SSSR count). The molecule has 4 aliphatic rings. The summed E-state index contributed by atoms with van der Waals surface area (Å²) in [6.07, 6.45) is 6.17. The maximum atomic E-state index is 14.7. The van der Waals surface area contributed by atoms with E-state index in [-0.39, 0.29) is 31.6 Å². The van der Waals surface area contributed by atoms with Crippen LogP contribution in [-0.2, 0) is 29.1 Å². The van der Waals surface area contributed by atoms with Crippen molar-refractivity contribution in [3.05, 3.63) is 66.5 Å². The van der Waals surface area contributed by atoms with Gasteiger partial charge in [-0.1, -0.05) is 25.0 Å². The van der Waals surface area contributed by atoms with Crippen LogP contribution >= 0.6 is 0 Å². The van der Waals surface area contributed by atoms with Gasteiger partial charge in [0.15, 0.2) is 11.3 Å². The van der Waals surface area contributed by atoms with Crippen LogP contribution in [0, 0.1) is 11.7 Å². The number of carbonyl (C=O) groups is 4. The van der Waals surface area contributed by atoms with E-state index < -0.39 is 80.2 Å². The molecule has 1 saturated heterocycles. The number of ether oxygens (including phenoxy) is 3. The van der Waals surface area contributed by atoms with Gasteiger partial charge in [0.1, 0.15) is 52.0 Å². The van der Waals surface area contributed by atoms with Crippen LogP contribution in [0.25, 0.3) is 33.3 Å². The van der Waals surface area contributed by atoms with Crippen molar-refractivity contribution in [1.29, 1.82) is 0 Å². The van der Waals surface area contributed by atoms with Crippen molar-refractivity contribution >= 4 is 55.9 Å². The van der Waals surface area contributed by atoms with Crippen LogP contribution in [0.4, 0.5) is 9.18 Å². The molecular formula is C44H50FN5O10S. The highest BCUT2D eigenvalue weighted by atomic mass is 32.2. The molecule has 0 bridgehead atoms. The normalized spacial score (nSPS) is 24.8. The smallest absolute Gasteiger partial charge is 0.408 e. The summed E-state index contributed by atoms with van der Waals surface area (Å²) in [7, 11) is -2.40. The lowest BCUT2D eigenvalue weighted by Crippen LogP contribution is -2.58. The summed E-state index contributed by atoms with van der Waals surface area (Å²) in [6, 6.07) is 10.5. The quantitative estimate of drug-likeness (QED) is 0.175. The number of carbonyl (C=O) groups excluding carboxylic acids is 4. The second kappa shape index (κ2) is 16.3. The summed E-state index contributed by atoms with van der Waals surface area (Å²) < 4.78 is 66.1. The van der Waals surface area contributed by atoms with Gasteiger partial charge in [0, 0.05) is 24.0 Å². The van der Waals surface area contributed by atoms with Crippen molar-refractivity contribution in [3.63, 3.8) is 0 Å². The number of furan rings is 1. The first-order chi connectivity index (χ1) is 29.0. The maximum absolute atomic E-state index is 14.7. The molecule has 0 spiro atoms. The molecule has 2 aromatic heterocycles. The third kappa shape index (κ3) is 9.02. The molecule has 3 fully saturated rings. The Morgan fingerprint density at radius 2 is 1.80 bits per heavy atom. The number of rotatable bonds is 8. The van der Waals surface area contributed by atoms with Gasteiger partial charge in [0.05, 0.1) is 30.0 Å². The molecule has 2 aliphatic heterocycles. The van der Waals surface area contributed by atoms with E-state index in [4.69, 9.17) is 23.6 Å². The molecule has 2 aromatic carbocycles. The molecule has 324 valence electrons. The van der Waals surface area contributed by atoms with E-state index >= 15 is 0 Å². The van der Waals surface area contributed by atoms with Crippen LogP contribution in [0.15, 0.2) is 65.1 Å². The third-order valence-electron chi connectivity index (χ3n) is 11.6. The molecule has 3 N–H and O–H groups in total. The van der Waals surface area contributed by atoms with Crippen LogP contribution < -0.4 is 24.8 Å². The lowest BCUT2D eigenvalue weighted by molar-refractivity contribution is -0.141. The Kier molecular flexibility index (Phi) is 11.2. The number of allylic oxidation sites excluding steroid dienone is 1. The molecule has 0 radical (unpaired) electrons. The number of amides is 4. The standard InChI is InChI=1S/C44H50FN5O10S/c1-43(2,3)60-42(54)47-32-11-9-7-5-6-8-10-26-23-44(26,41(53)49-61(55,56)30-17-18-30)48-39(51)34-21-29(24-50(34)40(32)52)58-36-22-33(25-12-14-27(45)15-13-25)46-37-31-20-28(57-4)16-19-35(31)59-38(36)37/h8,10,12-16,19-20,22,26,29-30,32,34H,5-7,9,11,17-18,21,23-24H2,1-4H3,(H,47,54)(H,48,51)(H,49,53)/t26-,29-,32+,34+,44-/m1/s1. The summed E-state index contributed by atoms with van der Waals surface area (Å²) in [5, 5.41) is 5.59. The number of nitrogens with one attached hydrogen (secondary N) is 3. The van der Waals surface area contributed by atoms with Gasteiger partial charge in [0.2, 0.25) is 21.8 Å². The van der Waals surface area contributed by atoms with Crippen LogP contribution in [-0.4, -0.2) is 90.3 Å². The number of nitrogens with zero attached hydrogens (tertiary/aromatic N) is 2. The highest BCUT2D eigenvalue weighted by Gasteiger charge is 2.62. The Morgan fingerprint density at radius 3 is 2.52 bits per heavy atom. The number of sulfonamides is 1. The minimum atomic E-state index is -3.94. The monoisotopic (exact) mass is 859 g/mol. The van der Waals surface area contributed by atoms with Gasteiger partial charge in [-0.05, 0) is 102 Å². The zero-order valence-corrected chi connectivity index (χ0v) is 35.3. The van der Waals surface area contributed by atoms with Gasteiger partial charge in [0.25, 0.3) is 5.91 Å². The van der Waals surface area contributed by atoms with Gasteiger partial charge in [-0.15, -0.1) is 0 Å². The van der Waals surface area contributed by atoms with E-state index in [1.165, 1.54) is 17.0 Å². The van der Waals surface area contributed by atoms with E-state index in [0.29, 0.717) is 64.8 Å². The Balaban J connectivity index is 1.16. The fourth-order valence-electron chi connectivity index (χ4n) is 8.14. The Bertz CT molecular complexity index is 2510. The Morgan fingerprint density at radius 1 is 1.03 bits per heavy atom. The number of fused-ring (bicyclic) bond motifs is 5. The predicted octanol–water partition coefficient (Wildman–Crippen LogP) is 6.04. The lowest BCUT2D eigenvalue weighted by Gasteiger charge is -2.30. The van der Waals surface area contributed by atoms with E-state index in [1.54, 1.807) is 64.3 Å². The molecule has 61 heavy (non-hydrogen) atoms. The Hall–Kier alpha value is -5.71. The molecule has 4 aromatic rings. The molecule has 4 amide bonds. The summed E-state index contributed by atoms with van der Waals surface area (Å²) in [6.45, 7) is 5.03. The van der Waals surface area contributed by atoms with Gasteiger partial charge >= 0.3 is 6.09 Å². The molecule has 2 aliphatic carbocycles. The van der Waals surface area contributed by atoms with Crippen molar-refractivity contribution in [2.75, 3.05) is 13.7 Å². The number of halogens is 1. The van der Waals surface area contributed by atoms with Crippen LogP contribution in [0.3, 0.4) is 0 Å². The van der Waals surface area contributed by atoms with E-state index in [1.807, 2.05) is 12.2 Å². The highest BCUT2D eigenvalue weighted by Crippen LogP contribution is 2.46. The number of alkyl carbamates (subject to hydrolysis) is 1. The van der Waals surface area contributed by atoms with Crippen molar-refractivity contribution in [2.45, 2.75) is 113 Å². The average Bonchev–Trinajstić information content (AvgIpc) is 4.11. The van der Waals surface area contributed by atoms with Crippen LogP contribution in [0.5, 0.6) is 11.5 Å². The number of aromatic nitrogens is 1. The first kappa shape index (κ1) is 42.0. The Labute approximate surface area is 352 Å². The SMILES string of the molecule is COc1ccc2oc3c(O[C@@H]4C[C@H]5C(=O)N[C@]6(C(=O)NS(=O)(=O)C7CC7)C[C@H]6C=CCCCCC[C@H](NC(=O)OC(C)(C)C)C(=O)N5C4)cc(-c4ccc(F)cc4)nc3c2c1. The topological polar surface area (TPSA) is 195 Å². The van der Waals surface area contributed by atoms with Gasteiger partial charge in [-0.3, -0.25) is 19.1 Å². The third-order valence-corrected chi connectivity index (χ3v) is 13.4. The molecule has 2 saturated carbocycles. The number of methoxy groups -OCH3 is 1. The van der Waals surface area contributed by atoms with E-state index in [2.05, 4.69) is 15.4 Å². The molecule has 4 heterocycles. The number of hydrogen-bond donors (Lipinski definition) is 3. The summed E-state index contributed by atoms with van der Waals surface area (Å²) >= 11 is 0. The summed E-state index contributed by atoms with van der Waals surface area (Å²) in [5.41, 5.74) is -0.145. The molecular weight excluding hydrogens is 810 g/mol. The van der Waals surface area contributed by atoms with Gasteiger partial charge in [-0.25, -0.2) is 22.6 Å². The second-order valence-corrected chi connectivity index (χ2v) is 19.3. The number of pyridine rings is 1. The first-order valence-electron chi connectivity index (χ1n) is 20.7. The zero-order valence-electron chi connectivity index (χ0n) is 34.5. The van der Waals surface area contributed by atoms with Gasteiger partial charge in [-0.2, -0.15) is 0 Å². The van der Waals surface area contributed by atoms with Gasteiger partial charge < -0.3 is 34.2 Å². The predicted molar refractivity (Wildman–Crippen MR) is 222 cm³/mol. The van der Waals surface area contributed by atoms with E-state index in [9.17, 15) is 32.0 Å². The largest absolute Gasteiger partial charge is 0.497 e. The van der Waals surface area contributed by atoms with Crippen molar-refractivity contribution in [3.8, 4) is 22.8 Å². The minimum absolute atomic E-state index is 0.0426. The van der Waals surface area contributed by atoms with E-state index in [0.717, 1.165) is 12.8 Å². The van der Waals surface area contributed by atoms with Crippen LogP contribution in [0.2, 0.25) is 0 Å². The average molecular weight is 860 g/mol. The zero-order chi connectivity index (χ0) is 43.3.